The van der Waals surface area contributed by atoms with E-state index in [1.807, 2.05) is 0 Å². The second-order valence-corrected chi connectivity index (χ2v) is 8.93. The Kier molecular flexibility index (Phi) is 10.6. The highest BCUT2D eigenvalue weighted by Gasteiger charge is 2.25. The molecule has 0 aliphatic carbocycles. The molecule has 0 radical (unpaired) electrons. The van der Waals surface area contributed by atoms with Crippen molar-refractivity contribution in [2.75, 3.05) is 0 Å². The second kappa shape index (κ2) is 12.9. The maximum Gasteiger partial charge on any atom is 0.0970 e. The highest BCUT2D eigenvalue weighted by Crippen LogP contribution is 2.32. The fourth-order valence-electron chi connectivity index (χ4n) is 4.30. The van der Waals surface area contributed by atoms with Crippen LogP contribution in [0.25, 0.3) is 0 Å². The molecule has 0 saturated carbocycles. The smallest absolute Gasteiger partial charge is 0.0970 e. The maximum atomic E-state index is 6.07. The molecule has 30 heavy (non-hydrogen) atoms. The van der Waals surface area contributed by atoms with E-state index < -0.39 is 0 Å². The third-order valence-electron chi connectivity index (χ3n) is 6.17. The van der Waals surface area contributed by atoms with Gasteiger partial charge in [-0.05, 0) is 51.7 Å². The largest absolute Gasteiger partial charge is 0.233 e. The van der Waals surface area contributed by atoms with Crippen LogP contribution >= 0.6 is 0 Å². The summed E-state index contributed by atoms with van der Waals surface area (Å²) in [6.45, 7) is 13.1. The van der Waals surface area contributed by atoms with Crippen LogP contribution in [0.5, 0.6) is 0 Å². The second-order valence-electron chi connectivity index (χ2n) is 8.93. The van der Waals surface area contributed by atoms with Gasteiger partial charge in [0.25, 0.3) is 0 Å². The molecule has 0 saturated heterocycles. The van der Waals surface area contributed by atoms with E-state index in [1.54, 1.807) is 0 Å². The van der Waals surface area contributed by atoms with Crippen molar-refractivity contribution in [2.45, 2.75) is 104 Å². The third-order valence-corrected chi connectivity index (χ3v) is 6.17. The molecule has 0 aliphatic heterocycles. The molecule has 0 N–H and O–H groups in total. The van der Waals surface area contributed by atoms with Crippen molar-refractivity contribution < 1.29 is 9.78 Å². The predicted molar refractivity (Wildman–Crippen MR) is 128 cm³/mol. The molecular formula is C28H42O2. The van der Waals surface area contributed by atoms with E-state index in [1.165, 1.54) is 47.9 Å². The van der Waals surface area contributed by atoms with Crippen LogP contribution in [-0.4, -0.2) is 12.2 Å². The Labute approximate surface area is 184 Å². The van der Waals surface area contributed by atoms with E-state index in [4.69, 9.17) is 9.78 Å². The molecule has 0 amide bonds. The molecule has 2 unspecified atom stereocenters. The van der Waals surface area contributed by atoms with Crippen molar-refractivity contribution in [2.24, 2.45) is 0 Å². The zero-order valence-electron chi connectivity index (χ0n) is 20.0. The van der Waals surface area contributed by atoms with E-state index in [9.17, 15) is 0 Å². The quantitative estimate of drug-likeness (QED) is 0.244. The molecule has 2 aromatic carbocycles. The average molecular weight is 411 g/mol. The highest BCUT2D eigenvalue weighted by molar-refractivity contribution is 5.27. The van der Waals surface area contributed by atoms with Crippen molar-refractivity contribution in [1.29, 1.82) is 0 Å². The summed E-state index contributed by atoms with van der Waals surface area (Å²) in [7, 11) is 0. The Morgan fingerprint density at radius 2 is 1.07 bits per heavy atom. The van der Waals surface area contributed by atoms with Crippen molar-refractivity contribution in [3.63, 3.8) is 0 Å². The lowest BCUT2D eigenvalue weighted by Gasteiger charge is -2.28. The molecule has 2 nitrogen and oxygen atoms in total. The molecular weight excluding hydrogens is 368 g/mol. The number of hydrogen-bond acceptors (Lipinski definition) is 2. The third kappa shape index (κ3) is 7.56. The topological polar surface area (TPSA) is 18.5 Å². The number of aryl methyl sites for hydroxylation is 2. The monoisotopic (exact) mass is 410 g/mol. The van der Waals surface area contributed by atoms with E-state index in [0.29, 0.717) is 11.8 Å². The van der Waals surface area contributed by atoms with Gasteiger partial charge in [0.15, 0.2) is 0 Å². The minimum absolute atomic E-state index is 0.0186. The lowest BCUT2D eigenvalue weighted by Crippen LogP contribution is -2.25. The van der Waals surface area contributed by atoms with Gasteiger partial charge in [-0.2, -0.15) is 0 Å². The van der Waals surface area contributed by atoms with Crippen LogP contribution in [-0.2, 0) is 9.78 Å². The standard InChI is InChI=1S/C28H42O2/c1-7-9-17-27(25-15-11-13-21(3)19-25)23(5)29-30-24(6)28(18-10-8-2)26-16-12-14-22(4)20-26/h11-16,19-20,23-24,27-28H,7-10,17-18H2,1-6H3/t23-,24-,27?,28?/m0/s1. The van der Waals surface area contributed by atoms with Gasteiger partial charge in [-0.1, -0.05) is 99.2 Å². The van der Waals surface area contributed by atoms with Gasteiger partial charge in [0.05, 0.1) is 12.2 Å². The normalized spacial score (nSPS) is 15.5. The van der Waals surface area contributed by atoms with E-state index in [2.05, 4.69) is 90.1 Å². The van der Waals surface area contributed by atoms with Gasteiger partial charge < -0.3 is 0 Å². The first-order valence-electron chi connectivity index (χ1n) is 11.9. The number of rotatable bonds is 13. The first-order chi connectivity index (χ1) is 14.5. The number of unbranched alkanes of at least 4 members (excludes halogenated alkanes) is 2. The van der Waals surface area contributed by atoms with Gasteiger partial charge in [-0.3, -0.25) is 0 Å². The Morgan fingerprint density at radius 3 is 1.40 bits per heavy atom. The minimum Gasteiger partial charge on any atom is -0.233 e. The number of benzene rings is 2. The zero-order valence-corrected chi connectivity index (χ0v) is 20.0. The van der Waals surface area contributed by atoms with Crippen molar-refractivity contribution in [3.8, 4) is 0 Å². The molecule has 0 fully saturated rings. The van der Waals surface area contributed by atoms with Crippen LogP contribution in [0.2, 0.25) is 0 Å². The fraction of sp³-hybridized carbons (Fsp3) is 0.571. The van der Waals surface area contributed by atoms with Crippen LogP contribution < -0.4 is 0 Å². The molecule has 4 atom stereocenters. The summed E-state index contributed by atoms with van der Waals surface area (Å²) >= 11 is 0. The Bertz CT molecular complexity index is 675. The molecule has 2 rings (SSSR count). The van der Waals surface area contributed by atoms with E-state index >= 15 is 0 Å². The van der Waals surface area contributed by atoms with Crippen LogP contribution in [0.1, 0.15) is 100 Å². The number of hydrogen-bond donors (Lipinski definition) is 0. The summed E-state index contributed by atoms with van der Waals surface area (Å²) in [4.78, 5) is 12.1. The average Bonchev–Trinajstić information content (AvgIpc) is 2.73. The Morgan fingerprint density at radius 1 is 0.667 bits per heavy atom. The van der Waals surface area contributed by atoms with Crippen LogP contribution in [0.4, 0.5) is 0 Å². The van der Waals surface area contributed by atoms with Crippen molar-refractivity contribution in [3.05, 3.63) is 70.8 Å². The van der Waals surface area contributed by atoms with Gasteiger partial charge in [-0.25, -0.2) is 9.78 Å². The lowest BCUT2D eigenvalue weighted by atomic mass is 9.88. The first kappa shape index (κ1) is 24.6. The summed E-state index contributed by atoms with van der Waals surface area (Å²) < 4.78 is 0. The first-order valence-corrected chi connectivity index (χ1v) is 11.9. The predicted octanol–water partition coefficient (Wildman–Crippen LogP) is 8.28. The zero-order chi connectivity index (χ0) is 21.9. The summed E-state index contributed by atoms with van der Waals surface area (Å²) in [5, 5.41) is 0. The van der Waals surface area contributed by atoms with Gasteiger partial charge in [0, 0.05) is 11.8 Å². The molecule has 0 aromatic heterocycles. The van der Waals surface area contributed by atoms with Crippen LogP contribution in [0.3, 0.4) is 0 Å². The summed E-state index contributed by atoms with van der Waals surface area (Å²) in [6.07, 6.45) is 7.06. The molecule has 2 aromatic rings. The van der Waals surface area contributed by atoms with Crippen LogP contribution in [0.15, 0.2) is 48.5 Å². The molecule has 2 heteroatoms. The van der Waals surface area contributed by atoms with Gasteiger partial charge in [0.2, 0.25) is 0 Å². The Hall–Kier alpha value is -1.64. The van der Waals surface area contributed by atoms with Gasteiger partial charge in [-0.15, -0.1) is 0 Å². The van der Waals surface area contributed by atoms with E-state index in [-0.39, 0.29) is 12.2 Å². The van der Waals surface area contributed by atoms with Gasteiger partial charge >= 0.3 is 0 Å². The molecule has 0 bridgehead atoms. The highest BCUT2D eigenvalue weighted by atomic mass is 17.2. The van der Waals surface area contributed by atoms with Crippen LogP contribution in [0, 0.1) is 13.8 Å². The molecule has 166 valence electrons. The van der Waals surface area contributed by atoms with Crippen molar-refractivity contribution in [1.82, 2.24) is 0 Å². The fourth-order valence-corrected chi connectivity index (χ4v) is 4.30. The van der Waals surface area contributed by atoms with E-state index in [0.717, 1.165) is 12.8 Å². The SMILES string of the molecule is CCCCC(c1cccc(C)c1)[C@H](C)OO[C@@H](C)C(CCCC)c1cccc(C)c1. The summed E-state index contributed by atoms with van der Waals surface area (Å²) in [6, 6.07) is 17.7. The lowest BCUT2D eigenvalue weighted by molar-refractivity contribution is -0.352. The Balaban J connectivity index is 2.08. The molecule has 0 aliphatic rings. The van der Waals surface area contributed by atoms with Gasteiger partial charge in [0.1, 0.15) is 0 Å². The maximum absolute atomic E-state index is 6.07. The summed E-state index contributed by atoms with van der Waals surface area (Å²) in [5.74, 6) is 0.704. The molecule has 0 heterocycles. The molecule has 0 spiro atoms. The van der Waals surface area contributed by atoms with Crippen molar-refractivity contribution >= 4 is 0 Å². The summed E-state index contributed by atoms with van der Waals surface area (Å²) in [5.41, 5.74) is 5.31. The minimum atomic E-state index is 0.0186.